The molecule has 1 atom stereocenters. The van der Waals surface area contributed by atoms with Crippen LogP contribution in [0.4, 0.5) is 10.1 Å². The first-order valence-electron chi connectivity index (χ1n) is 5.66. The van der Waals surface area contributed by atoms with E-state index < -0.39 is 0 Å². The highest BCUT2D eigenvalue weighted by molar-refractivity contribution is 9.10. The Hall–Kier alpha value is -1.30. The van der Waals surface area contributed by atoms with Gasteiger partial charge in [-0.15, -0.1) is 0 Å². The summed E-state index contributed by atoms with van der Waals surface area (Å²) in [7, 11) is 0. The van der Waals surface area contributed by atoms with E-state index in [9.17, 15) is 4.39 Å². The van der Waals surface area contributed by atoms with Crippen LogP contribution < -0.4 is 11.1 Å². The van der Waals surface area contributed by atoms with Crippen LogP contribution in [0.5, 0.6) is 0 Å². The average molecular weight is 318 g/mol. The fourth-order valence-electron chi connectivity index (χ4n) is 1.61. The summed E-state index contributed by atoms with van der Waals surface area (Å²) in [6.45, 7) is 3.82. The second-order valence-corrected chi connectivity index (χ2v) is 4.98. The van der Waals surface area contributed by atoms with Gasteiger partial charge in [-0.1, -0.05) is 12.1 Å². The van der Waals surface area contributed by atoms with Gasteiger partial charge in [0, 0.05) is 18.2 Å². The third-order valence-corrected chi connectivity index (χ3v) is 3.31. The molecule has 100 valence electrons. The second kappa shape index (κ2) is 6.58. The molecule has 6 heteroatoms. The zero-order valence-electron chi connectivity index (χ0n) is 10.4. The third kappa shape index (κ3) is 3.87. The highest BCUT2D eigenvalue weighted by Gasteiger charge is 2.12. The van der Waals surface area contributed by atoms with Crippen molar-refractivity contribution < 1.29 is 9.60 Å². The highest BCUT2D eigenvalue weighted by atomic mass is 79.9. The first-order chi connectivity index (χ1) is 8.47. The molecule has 1 aromatic carbocycles. The lowest BCUT2D eigenvalue weighted by molar-refractivity contribution is 0.316. The molecule has 1 unspecified atom stereocenters. The molecule has 1 rings (SSSR count). The summed E-state index contributed by atoms with van der Waals surface area (Å²) in [4.78, 5) is 0. The van der Waals surface area contributed by atoms with Crippen LogP contribution in [0.25, 0.3) is 0 Å². The Labute approximate surface area is 114 Å². The summed E-state index contributed by atoms with van der Waals surface area (Å²) in [6, 6.07) is 3.19. The number of nitrogens with zero attached hydrogens (tertiary/aromatic N) is 1. The van der Waals surface area contributed by atoms with Crippen LogP contribution in [-0.2, 0) is 0 Å². The fraction of sp³-hybridized carbons (Fsp3) is 0.417. The van der Waals surface area contributed by atoms with Gasteiger partial charge >= 0.3 is 0 Å². The van der Waals surface area contributed by atoms with Crippen LogP contribution in [0.2, 0.25) is 0 Å². The van der Waals surface area contributed by atoms with Crippen LogP contribution in [0.1, 0.15) is 25.3 Å². The van der Waals surface area contributed by atoms with Crippen molar-refractivity contribution in [3.05, 3.63) is 28.0 Å². The van der Waals surface area contributed by atoms with Crippen molar-refractivity contribution in [1.82, 2.24) is 0 Å². The van der Waals surface area contributed by atoms with E-state index in [0.29, 0.717) is 10.9 Å². The molecule has 18 heavy (non-hydrogen) atoms. The number of hydrogen-bond donors (Lipinski definition) is 3. The Balaban J connectivity index is 2.85. The smallest absolute Gasteiger partial charge is 0.141 e. The van der Waals surface area contributed by atoms with E-state index in [1.807, 2.05) is 13.8 Å². The Morgan fingerprint density at radius 2 is 2.28 bits per heavy atom. The highest BCUT2D eigenvalue weighted by Crippen LogP contribution is 2.25. The normalized spacial score (nSPS) is 13.4. The summed E-state index contributed by atoms with van der Waals surface area (Å²) in [5, 5.41) is 14.8. The summed E-state index contributed by atoms with van der Waals surface area (Å²) < 4.78 is 13.7. The van der Waals surface area contributed by atoms with Crippen molar-refractivity contribution in [3.63, 3.8) is 0 Å². The molecule has 4 N–H and O–H groups in total. The summed E-state index contributed by atoms with van der Waals surface area (Å²) >= 11 is 3.15. The summed E-state index contributed by atoms with van der Waals surface area (Å²) in [6.07, 6.45) is 1.24. The zero-order chi connectivity index (χ0) is 13.7. The Morgan fingerprint density at radius 1 is 1.61 bits per heavy atom. The minimum absolute atomic E-state index is 0.0389. The van der Waals surface area contributed by atoms with Crippen LogP contribution in [-0.4, -0.2) is 17.1 Å². The van der Waals surface area contributed by atoms with Gasteiger partial charge < -0.3 is 16.3 Å². The number of aryl methyl sites for hydroxylation is 1. The molecule has 0 aliphatic heterocycles. The number of nitrogens with one attached hydrogen (secondary N) is 1. The molecule has 0 spiro atoms. The Morgan fingerprint density at radius 3 is 2.83 bits per heavy atom. The molecule has 4 nitrogen and oxygen atoms in total. The van der Waals surface area contributed by atoms with E-state index in [2.05, 4.69) is 26.4 Å². The predicted molar refractivity (Wildman–Crippen MR) is 74.6 cm³/mol. The maximum Gasteiger partial charge on any atom is 0.141 e. The largest absolute Gasteiger partial charge is 0.409 e. The molecular weight excluding hydrogens is 301 g/mol. The predicted octanol–water partition coefficient (Wildman–Crippen LogP) is 3.22. The third-order valence-electron chi connectivity index (χ3n) is 2.70. The van der Waals surface area contributed by atoms with Gasteiger partial charge in [0.05, 0.1) is 4.47 Å². The van der Waals surface area contributed by atoms with E-state index in [-0.39, 0.29) is 17.7 Å². The molecule has 0 heterocycles. The van der Waals surface area contributed by atoms with Crippen molar-refractivity contribution in [2.45, 2.75) is 32.7 Å². The van der Waals surface area contributed by atoms with E-state index in [1.54, 1.807) is 6.07 Å². The quantitative estimate of drug-likeness (QED) is 0.338. The minimum Gasteiger partial charge on any atom is -0.409 e. The van der Waals surface area contributed by atoms with Gasteiger partial charge in [0.15, 0.2) is 0 Å². The SMILES string of the molecule is CCC(C/C(N)=N/O)Nc1cc(Br)c(F)cc1C. The van der Waals surface area contributed by atoms with E-state index >= 15 is 0 Å². The monoisotopic (exact) mass is 317 g/mol. The molecule has 0 radical (unpaired) electrons. The number of hydrogen-bond acceptors (Lipinski definition) is 3. The van der Waals surface area contributed by atoms with E-state index in [4.69, 9.17) is 10.9 Å². The topological polar surface area (TPSA) is 70.6 Å². The fourth-order valence-corrected chi connectivity index (χ4v) is 1.96. The van der Waals surface area contributed by atoms with Crippen LogP contribution >= 0.6 is 15.9 Å². The van der Waals surface area contributed by atoms with Crippen molar-refractivity contribution in [2.24, 2.45) is 10.9 Å². The number of anilines is 1. The first kappa shape index (κ1) is 14.8. The molecule has 0 amide bonds. The molecule has 0 bridgehead atoms. The maximum absolute atomic E-state index is 13.3. The summed E-state index contributed by atoms with van der Waals surface area (Å²) in [5.74, 6) is -0.115. The zero-order valence-corrected chi connectivity index (χ0v) is 12.0. The van der Waals surface area contributed by atoms with Gasteiger partial charge in [-0.3, -0.25) is 0 Å². The van der Waals surface area contributed by atoms with Gasteiger partial charge in [-0.25, -0.2) is 4.39 Å². The molecular formula is C12H17BrFN3O. The molecule has 0 aromatic heterocycles. The van der Waals surface area contributed by atoms with Crippen molar-refractivity contribution in [2.75, 3.05) is 5.32 Å². The van der Waals surface area contributed by atoms with Gasteiger partial charge in [-0.05, 0) is 47.0 Å². The number of benzene rings is 1. The van der Waals surface area contributed by atoms with Crippen molar-refractivity contribution in [1.29, 1.82) is 0 Å². The van der Waals surface area contributed by atoms with Gasteiger partial charge in [-0.2, -0.15) is 0 Å². The molecule has 0 saturated heterocycles. The summed E-state index contributed by atoms with van der Waals surface area (Å²) in [5.41, 5.74) is 7.13. The van der Waals surface area contributed by atoms with Gasteiger partial charge in [0.1, 0.15) is 11.7 Å². The number of oxime groups is 1. The van der Waals surface area contributed by atoms with Gasteiger partial charge in [0.25, 0.3) is 0 Å². The number of amidine groups is 1. The average Bonchev–Trinajstić information content (AvgIpc) is 2.34. The maximum atomic E-state index is 13.3. The van der Waals surface area contributed by atoms with Crippen molar-refractivity contribution >= 4 is 27.5 Å². The lowest BCUT2D eigenvalue weighted by atomic mass is 10.1. The number of nitrogens with two attached hydrogens (primary N) is 1. The first-order valence-corrected chi connectivity index (χ1v) is 6.45. The Kier molecular flexibility index (Phi) is 5.40. The Bertz CT molecular complexity index is 451. The van der Waals surface area contributed by atoms with Crippen LogP contribution in [0.3, 0.4) is 0 Å². The second-order valence-electron chi connectivity index (χ2n) is 4.13. The molecule has 1 aromatic rings. The van der Waals surface area contributed by atoms with Crippen LogP contribution in [0, 0.1) is 12.7 Å². The molecule has 0 aliphatic carbocycles. The van der Waals surface area contributed by atoms with E-state index in [0.717, 1.165) is 17.7 Å². The minimum atomic E-state index is -0.289. The van der Waals surface area contributed by atoms with Gasteiger partial charge in [0.2, 0.25) is 0 Å². The molecule has 0 aliphatic rings. The van der Waals surface area contributed by atoms with Crippen LogP contribution in [0.15, 0.2) is 21.8 Å². The van der Waals surface area contributed by atoms with E-state index in [1.165, 1.54) is 6.07 Å². The lowest BCUT2D eigenvalue weighted by Gasteiger charge is -2.19. The lowest BCUT2D eigenvalue weighted by Crippen LogP contribution is -2.26. The number of halogens is 2. The van der Waals surface area contributed by atoms with Crippen molar-refractivity contribution in [3.8, 4) is 0 Å². The number of rotatable bonds is 5. The standard InChI is InChI=1S/C12H17BrFN3O/c1-3-8(5-12(15)17-18)16-11-6-9(13)10(14)4-7(11)2/h4,6,8,16,18H,3,5H2,1-2H3,(H2,15,17). The molecule has 0 fully saturated rings. The molecule has 0 saturated carbocycles.